The quantitative estimate of drug-likeness (QED) is 0.594. The van der Waals surface area contributed by atoms with E-state index in [1.54, 1.807) is 11.8 Å². The first-order valence-electron chi connectivity index (χ1n) is 6.51. The van der Waals surface area contributed by atoms with Crippen molar-refractivity contribution < 1.29 is 18.3 Å². The molecule has 2 unspecified atom stereocenters. The van der Waals surface area contributed by atoms with Gasteiger partial charge >= 0.3 is 0 Å². The van der Waals surface area contributed by atoms with E-state index in [2.05, 4.69) is 4.72 Å². The fourth-order valence-electron chi connectivity index (χ4n) is 2.18. The predicted molar refractivity (Wildman–Crippen MR) is 71.3 cm³/mol. The van der Waals surface area contributed by atoms with Gasteiger partial charge in [-0.25, -0.2) is 9.86 Å². The summed E-state index contributed by atoms with van der Waals surface area (Å²) in [5, 5.41) is 14.0. The molecular weight excluding hydrogens is 270 g/mol. The smallest absolute Gasteiger partial charge is 0.274 e. The average molecular weight is 293 g/mol. The molecule has 19 heavy (non-hydrogen) atoms. The van der Waals surface area contributed by atoms with E-state index in [4.69, 9.17) is 10.2 Å². The number of likely N-dealkylation sites (tertiary alicyclic amines) is 1. The van der Waals surface area contributed by atoms with E-state index in [1.165, 1.54) is 0 Å². The zero-order valence-electron chi connectivity index (χ0n) is 11.2. The van der Waals surface area contributed by atoms with Crippen LogP contribution in [0.25, 0.3) is 0 Å². The summed E-state index contributed by atoms with van der Waals surface area (Å²) < 4.78 is 23.9. The van der Waals surface area contributed by atoms with Gasteiger partial charge in [0.05, 0.1) is 6.10 Å². The van der Waals surface area contributed by atoms with Crippen molar-refractivity contribution >= 4 is 16.1 Å². The summed E-state index contributed by atoms with van der Waals surface area (Å²) in [5.74, 6) is 0.115. The van der Waals surface area contributed by atoms with Gasteiger partial charge in [0.2, 0.25) is 5.91 Å². The van der Waals surface area contributed by atoms with Gasteiger partial charge in [-0.3, -0.25) is 4.79 Å². The van der Waals surface area contributed by atoms with Crippen molar-refractivity contribution in [3.8, 4) is 0 Å². The number of aliphatic hydroxyl groups excluding tert-OH is 1. The Balaban J connectivity index is 2.39. The molecule has 1 amide bonds. The Morgan fingerprint density at radius 3 is 2.84 bits per heavy atom. The van der Waals surface area contributed by atoms with Crippen LogP contribution in [-0.4, -0.2) is 50.1 Å². The lowest BCUT2D eigenvalue weighted by molar-refractivity contribution is -0.133. The number of amides is 1. The first-order chi connectivity index (χ1) is 8.78. The van der Waals surface area contributed by atoms with Crippen molar-refractivity contribution in [1.82, 2.24) is 9.62 Å². The zero-order valence-corrected chi connectivity index (χ0v) is 12.0. The summed E-state index contributed by atoms with van der Waals surface area (Å²) in [6, 6.07) is 0. The van der Waals surface area contributed by atoms with Gasteiger partial charge in [0.1, 0.15) is 0 Å². The Bertz CT molecular complexity index is 397. The minimum Gasteiger partial charge on any atom is -0.393 e. The maximum Gasteiger partial charge on any atom is 0.274 e. The summed E-state index contributed by atoms with van der Waals surface area (Å²) in [6.45, 7) is 3.16. The standard InChI is InChI=1S/C11H23N3O4S/c1-9(15)4-5-11(16)14-6-2-3-10(8-14)7-13-19(12,17)18/h9-10,13,15H,2-8H2,1H3,(H2,12,17,18). The van der Waals surface area contributed by atoms with Crippen molar-refractivity contribution in [2.45, 2.75) is 38.7 Å². The Labute approximate surface area is 114 Å². The Morgan fingerprint density at radius 1 is 1.58 bits per heavy atom. The summed E-state index contributed by atoms with van der Waals surface area (Å²) in [5.41, 5.74) is 0. The third-order valence-electron chi connectivity index (χ3n) is 3.22. The molecule has 1 rings (SSSR count). The number of carbonyl (C=O) groups is 1. The third kappa shape index (κ3) is 6.86. The monoisotopic (exact) mass is 293 g/mol. The highest BCUT2D eigenvalue weighted by molar-refractivity contribution is 7.87. The van der Waals surface area contributed by atoms with Gasteiger partial charge in [-0.15, -0.1) is 0 Å². The first-order valence-corrected chi connectivity index (χ1v) is 8.06. The summed E-state index contributed by atoms with van der Waals surface area (Å²) >= 11 is 0. The van der Waals surface area contributed by atoms with E-state index >= 15 is 0 Å². The van der Waals surface area contributed by atoms with Gasteiger partial charge in [0, 0.05) is 26.1 Å². The molecule has 2 atom stereocenters. The van der Waals surface area contributed by atoms with Crippen LogP contribution < -0.4 is 9.86 Å². The van der Waals surface area contributed by atoms with Crippen molar-refractivity contribution in [3.05, 3.63) is 0 Å². The van der Waals surface area contributed by atoms with Crippen LogP contribution in [0.2, 0.25) is 0 Å². The number of rotatable bonds is 6. The number of nitrogens with zero attached hydrogens (tertiary/aromatic N) is 1. The Morgan fingerprint density at radius 2 is 2.26 bits per heavy atom. The topological polar surface area (TPSA) is 113 Å². The van der Waals surface area contributed by atoms with Crippen LogP contribution in [0.15, 0.2) is 0 Å². The molecule has 1 heterocycles. The molecule has 8 heteroatoms. The van der Waals surface area contributed by atoms with Gasteiger partial charge in [-0.05, 0) is 32.1 Å². The molecule has 1 saturated heterocycles. The number of hydrogen-bond donors (Lipinski definition) is 3. The Kier molecular flexibility index (Phi) is 6.18. The van der Waals surface area contributed by atoms with Gasteiger partial charge in [0.15, 0.2) is 0 Å². The summed E-state index contributed by atoms with van der Waals surface area (Å²) in [6.07, 6.45) is 2.04. The lowest BCUT2D eigenvalue weighted by atomic mass is 9.98. The fourth-order valence-corrected chi connectivity index (χ4v) is 2.65. The fraction of sp³-hybridized carbons (Fsp3) is 0.909. The molecule has 0 radical (unpaired) electrons. The molecule has 1 fully saturated rings. The lowest BCUT2D eigenvalue weighted by Crippen LogP contribution is -2.44. The third-order valence-corrected chi connectivity index (χ3v) is 3.79. The molecule has 1 aliphatic heterocycles. The number of nitrogens with one attached hydrogen (secondary N) is 1. The van der Waals surface area contributed by atoms with Crippen molar-refractivity contribution in [2.24, 2.45) is 11.1 Å². The molecular formula is C11H23N3O4S. The van der Waals surface area contributed by atoms with Crippen molar-refractivity contribution in [2.75, 3.05) is 19.6 Å². The van der Waals surface area contributed by atoms with Crippen LogP contribution in [-0.2, 0) is 15.0 Å². The van der Waals surface area contributed by atoms with Gasteiger partial charge in [0.25, 0.3) is 10.2 Å². The van der Waals surface area contributed by atoms with Crippen LogP contribution >= 0.6 is 0 Å². The first kappa shape index (κ1) is 16.4. The number of piperidine rings is 1. The molecule has 7 nitrogen and oxygen atoms in total. The second kappa shape index (κ2) is 7.18. The predicted octanol–water partition coefficient (Wildman–Crippen LogP) is -0.821. The van der Waals surface area contributed by atoms with E-state index in [1.807, 2.05) is 0 Å². The average Bonchev–Trinajstić information content (AvgIpc) is 2.33. The summed E-state index contributed by atoms with van der Waals surface area (Å²) in [4.78, 5) is 13.6. The SMILES string of the molecule is CC(O)CCC(=O)N1CCCC(CNS(N)(=O)=O)C1. The molecule has 0 aliphatic carbocycles. The number of hydrogen-bond acceptors (Lipinski definition) is 4. The lowest BCUT2D eigenvalue weighted by Gasteiger charge is -2.33. The normalized spacial score (nSPS) is 22.3. The van der Waals surface area contributed by atoms with Gasteiger partial charge < -0.3 is 10.0 Å². The minimum atomic E-state index is -3.67. The highest BCUT2D eigenvalue weighted by Crippen LogP contribution is 2.17. The molecule has 0 saturated carbocycles. The van der Waals surface area contributed by atoms with E-state index in [0.717, 1.165) is 12.8 Å². The highest BCUT2D eigenvalue weighted by atomic mass is 32.2. The molecule has 0 aromatic carbocycles. The van der Waals surface area contributed by atoms with Crippen LogP contribution in [0.5, 0.6) is 0 Å². The van der Waals surface area contributed by atoms with E-state index in [9.17, 15) is 13.2 Å². The van der Waals surface area contributed by atoms with Crippen LogP contribution in [0.4, 0.5) is 0 Å². The second-order valence-corrected chi connectivity index (χ2v) is 6.51. The number of nitrogens with two attached hydrogens (primary N) is 1. The van der Waals surface area contributed by atoms with E-state index < -0.39 is 16.3 Å². The molecule has 0 aromatic rings. The summed E-state index contributed by atoms with van der Waals surface area (Å²) in [7, 11) is -3.67. The van der Waals surface area contributed by atoms with E-state index in [0.29, 0.717) is 25.9 Å². The van der Waals surface area contributed by atoms with Crippen LogP contribution in [0.1, 0.15) is 32.6 Å². The van der Waals surface area contributed by atoms with Crippen molar-refractivity contribution in [1.29, 1.82) is 0 Å². The number of aliphatic hydroxyl groups is 1. The van der Waals surface area contributed by atoms with Crippen molar-refractivity contribution in [3.63, 3.8) is 0 Å². The van der Waals surface area contributed by atoms with Gasteiger partial charge in [-0.1, -0.05) is 0 Å². The molecule has 0 aromatic heterocycles. The number of carbonyl (C=O) groups excluding carboxylic acids is 1. The minimum absolute atomic E-state index is 0.0150. The molecule has 4 N–H and O–H groups in total. The molecule has 0 bridgehead atoms. The van der Waals surface area contributed by atoms with Crippen LogP contribution in [0.3, 0.4) is 0 Å². The van der Waals surface area contributed by atoms with E-state index in [-0.39, 0.29) is 18.4 Å². The second-order valence-electron chi connectivity index (χ2n) is 5.13. The molecule has 112 valence electrons. The molecule has 1 aliphatic rings. The molecule has 0 spiro atoms. The zero-order chi connectivity index (χ0) is 14.5. The van der Waals surface area contributed by atoms with Crippen LogP contribution in [0, 0.1) is 5.92 Å². The maximum atomic E-state index is 11.9. The largest absolute Gasteiger partial charge is 0.393 e. The van der Waals surface area contributed by atoms with Gasteiger partial charge in [-0.2, -0.15) is 8.42 Å². The highest BCUT2D eigenvalue weighted by Gasteiger charge is 2.24. The Hall–Kier alpha value is -0.700. The maximum absolute atomic E-state index is 11.9.